The Labute approximate surface area is 92.5 Å². The van der Waals surface area contributed by atoms with Gasteiger partial charge >= 0.3 is 6.01 Å². The first-order valence-electron chi connectivity index (χ1n) is 5.04. The molecular weight excluding hydrogens is 212 g/mol. The first-order chi connectivity index (χ1) is 7.24. The van der Waals surface area contributed by atoms with E-state index in [4.69, 9.17) is 4.74 Å². The van der Waals surface area contributed by atoms with Gasteiger partial charge in [-0.05, 0) is 12.5 Å². The Morgan fingerprint density at radius 3 is 2.33 bits per heavy atom. The summed E-state index contributed by atoms with van der Waals surface area (Å²) >= 11 is 0. The average molecular weight is 228 g/mol. The van der Waals surface area contributed by atoms with Crippen LogP contribution in [0.3, 0.4) is 0 Å². The molecule has 0 saturated carbocycles. The SMILES string of the molecule is CC.Cc1cnc(OC2CS(=O)C2)nc1. The van der Waals surface area contributed by atoms with Crippen LogP contribution in [0, 0.1) is 6.92 Å². The summed E-state index contributed by atoms with van der Waals surface area (Å²) in [5.41, 5.74) is 1.00. The predicted molar refractivity (Wildman–Crippen MR) is 60.4 cm³/mol. The first kappa shape index (κ1) is 12.1. The van der Waals surface area contributed by atoms with Gasteiger partial charge in [0.15, 0.2) is 0 Å². The first-order valence-corrected chi connectivity index (χ1v) is 6.53. The summed E-state index contributed by atoms with van der Waals surface area (Å²) in [6.07, 6.45) is 3.46. The maximum absolute atomic E-state index is 10.7. The summed E-state index contributed by atoms with van der Waals surface area (Å²) in [7, 11) is -0.681. The molecule has 0 radical (unpaired) electrons. The van der Waals surface area contributed by atoms with Crippen molar-refractivity contribution in [3.05, 3.63) is 18.0 Å². The predicted octanol–water partition coefficient (Wildman–Crippen LogP) is 1.32. The lowest BCUT2D eigenvalue weighted by Gasteiger charge is -2.24. The van der Waals surface area contributed by atoms with Gasteiger partial charge in [0.25, 0.3) is 0 Å². The smallest absolute Gasteiger partial charge is 0.316 e. The third kappa shape index (κ3) is 3.58. The molecule has 0 aliphatic carbocycles. The van der Waals surface area contributed by atoms with Crippen LogP contribution >= 0.6 is 0 Å². The molecule has 2 rings (SSSR count). The van der Waals surface area contributed by atoms with Crippen LogP contribution in [0.2, 0.25) is 0 Å². The Morgan fingerprint density at radius 2 is 1.87 bits per heavy atom. The highest BCUT2D eigenvalue weighted by Gasteiger charge is 2.27. The summed E-state index contributed by atoms with van der Waals surface area (Å²) in [6.45, 7) is 5.92. The van der Waals surface area contributed by atoms with E-state index in [0.717, 1.165) is 5.56 Å². The lowest BCUT2D eigenvalue weighted by Crippen LogP contribution is -2.41. The molecule has 1 fully saturated rings. The average Bonchev–Trinajstić information content (AvgIpc) is 2.22. The van der Waals surface area contributed by atoms with Crippen molar-refractivity contribution in [2.45, 2.75) is 26.9 Å². The zero-order chi connectivity index (χ0) is 11.3. The number of hydrogen-bond acceptors (Lipinski definition) is 4. The van der Waals surface area contributed by atoms with Gasteiger partial charge in [0, 0.05) is 23.2 Å². The lowest BCUT2D eigenvalue weighted by atomic mass is 10.4. The third-order valence-corrected chi connectivity index (χ3v) is 3.26. The minimum atomic E-state index is -0.681. The standard InChI is InChI=1S/C8H10N2O2S.C2H6/c1-6-2-9-8(10-3-6)12-7-4-13(11)5-7;1-2/h2-3,7H,4-5H2,1H3;1-2H3. The van der Waals surface area contributed by atoms with Gasteiger partial charge in [-0.25, -0.2) is 9.97 Å². The second-order valence-corrected chi connectivity index (χ2v) is 4.60. The van der Waals surface area contributed by atoms with Gasteiger partial charge in [-0.15, -0.1) is 0 Å². The molecule has 1 aliphatic heterocycles. The summed E-state index contributed by atoms with van der Waals surface area (Å²) in [5, 5.41) is 0. The molecule has 0 unspecified atom stereocenters. The summed E-state index contributed by atoms with van der Waals surface area (Å²) in [5.74, 6) is 1.22. The van der Waals surface area contributed by atoms with E-state index in [1.165, 1.54) is 0 Å². The molecule has 0 aromatic carbocycles. The van der Waals surface area contributed by atoms with E-state index < -0.39 is 10.8 Å². The van der Waals surface area contributed by atoms with Crippen molar-refractivity contribution in [3.63, 3.8) is 0 Å². The summed E-state index contributed by atoms with van der Waals surface area (Å²) in [6, 6.07) is 0.382. The van der Waals surface area contributed by atoms with E-state index >= 15 is 0 Å². The van der Waals surface area contributed by atoms with E-state index in [9.17, 15) is 4.21 Å². The zero-order valence-electron chi connectivity index (χ0n) is 9.27. The van der Waals surface area contributed by atoms with Gasteiger partial charge in [-0.2, -0.15) is 0 Å². The number of aryl methyl sites for hydroxylation is 1. The van der Waals surface area contributed by atoms with E-state index in [1.807, 2.05) is 20.8 Å². The van der Waals surface area contributed by atoms with Crippen LogP contribution < -0.4 is 4.74 Å². The van der Waals surface area contributed by atoms with Crippen LogP contribution in [0.5, 0.6) is 6.01 Å². The van der Waals surface area contributed by atoms with Gasteiger partial charge in [-0.3, -0.25) is 4.21 Å². The molecule has 0 atom stereocenters. The molecule has 4 nitrogen and oxygen atoms in total. The fraction of sp³-hybridized carbons (Fsp3) is 0.600. The van der Waals surface area contributed by atoms with E-state index in [0.29, 0.717) is 17.5 Å². The molecule has 0 spiro atoms. The molecule has 1 saturated heterocycles. The Kier molecular flexibility index (Phi) is 4.68. The highest BCUT2D eigenvalue weighted by molar-refractivity contribution is 7.86. The molecule has 84 valence electrons. The molecule has 0 amide bonds. The van der Waals surface area contributed by atoms with Gasteiger partial charge < -0.3 is 4.74 Å². The van der Waals surface area contributed by atoms with Crippen molar-refractivity contribution in [2.24, 2.45) is 0 Å². The highest BCUT2D eigenvalue weighted by atomic mass is 32.2. The monoisotopic (exact) mass is 228 g/mol. The van der Waals surface area contributed by atoms with E-state index in [1.54, 1.807) is 12.4 Å². The summed E-state index contributed by atoms with van der Waals surface area (Å²) < 4.78 is 16.1. The van der Waals surface area contributed by atoms with Crippen molar-refractivity contribution in [3.8, 4) is 6.01 Å². The van der Waals surface area contributed by atoms with Crippen LogP contribution in [0.4, 0.5) is 0 Å². The quantitative estimate of drug-likeness (QED) is 0.766. The van der Waals surface area contributed by atoms with Crippen LogP contribution in [-0.2, 0) is 10.8 Å². The number of nitrogens with zero attached hydrogens (tertiary/aromatic N) is 2. The van der Waals surface area contributed by atoms with Gasteiger partial charge in [-0.1, -0.05) is 13.8 Å². The second kappa shape index (κ2) is 5.80. The van der Waals surface area contributed by atoms with Gasteiger partial charge in [0.1, 0.15) is 6.10 Å². The Balaban J connectivity index is 0.000000531. The minimum absolute atomic E-state index is 0.0449. The Morgan fingerprint density at radius 1 is 1.33 bits per heavy atom. The molecule has 0 bridgehead atoms. The molecule has 5 heteroatoms. The maximum atomic E-state index is 10.7. The number of ether oxygens (including phenoxy) is 1. The molecule has 1 aromatic rings. The van der Waals surface area contributed by atoms with Crippen molar-refractivity contribution in [2.75, 3.05) is 11.5 Å². The van der Waals surface area contributed by atoms with Crippen LogP contribution in [0.1, 0.15) is 19.4 Å². The van der Waals surface area contributed by atoms with Crippen molar-refractivity contribution in [1.29, 1.82) is 0 Å². The fourth-order valence-electron chi connectivity index (χ4n) is 1.02. The van der Waals surface area contributed by atoms with Crippen LogP contribution in [0.25, 0.3) is 0 Å². The van der Waals surface area contributed by atoms with Gasteiger partial charge in [0.2, 0.25) is 0 Å². The molecule has 1 aliphatic rings. The highest BCUT2D eigenvalue weighted by Crippen LogP contribution is 2.12. The van der Waals surface area contributed by atoms with Crippen LogP contribution in [0.15, 0.2) is 12.4 Å². The number of rotatable bonds is 2. The third-order valence-electron chi connectivity index (χ3n) is 1.77. The molecule has 0 N–H and O–H groups in total. The van der Waals surface area contributed by atoms with Crippen LogP contribution in [-0.4, -0.2) is 31.8 Å². The van der Waals surface area contributed by atoms with Crippen molar-refractivity contribution in [1.82, 2.24) is 9.97 Å². The normalized spacial score (nSPS) is 23.4. The maximum Gasteiger partial charge on any atom is 0.316 e. The molecule has 1 aromatic heterocycles. The number of hydrogen-bond donors (Lipinski definition) is 0. The molecule has 2 heterocycles. The largest absolute Gasteiger partial charge is 0.458 e. The zero-order valence-corrected chi connectivity index (χ0v) is 10.1. The van der Waals surface area contributed by atoms with Gasteiger partial charge in [0.05, 0.1) is 11.5 Å². The van der Waals surface area contributed by atoms with E-state index in [-0.39, 0.29) is 6.10 Å². The van der Waals surface area contributed by atoms with Crippen molar-refractivity contribution < 1.29 is 8.95 Å². The molecular formula is C10H16N2O2S. The Hall–Kier alpha value is -0.970. The Bertz CT molecular complexity index is 319. The summed E-state index contributed by atoms with van der Waals surface area (Å²) in [4.78, 5) is 7.99. The fourth-order valence-corrected chi connectivity index (χ4v) is 1.89. The number of aromatic nitrogens is 2. The topological polar surface area (TPSA) is 52.1 Å². The lowest BCUT2D eigenvalue weighted by molar-refractivity contribution is 0.216. The van der Waals surface area contributed by atoms with E-state index in [2.05, 4.69) is 9.97 Å². The minimum Gasteiger partial charge on any atom is -0.458 e. The second-order valence-electron chi connectivity index (χ2n) is 3.06. The van der Waals surface area contributed by atoms with Crippen molar-refractivity contribution >= 4 is 10.8 Å². The molecule has 15 heavy (non-hydrogen) atoms.